The molecule has 5 rings (SSSR count). The Morgan fingerprint density at radius 1 is 1.06 bits per heavy atom. The van der Waals surface area contributed by atoms with Crippen LogP contribution in [-0.2, 0) is 31.1 Å². The largest absolute Gasteiger partial charge is 0.370 e. The number of nitrogens with zero attached hydrogens (tertiary/aromatic N) is 1. The summed E-state index contributed by atoms with van der Waals surface area (Å²) in [6.45, 7) is 4.08. The van der Waals surface area contributed by atoms with Crippen LogP contribution in [0.25, 0.3) is 0 Å². The van der Waals surface area contributed by atoms with Crippen LogP contribution in [0.3, 0.4) is 0 Å². The molecule has 4 N–H and O–H groups in total. The number of nitrogens with one attached hydrogen (secondary N) is 2. The Labute approximate surface area is 191 Å². The number of carbonyl (C=O) groups excluding carboxylic acids is 4. The van der Waals surface area contributed by atoms with Gasteiger partial charge in [0.2, 0.25) is 23.6 Å². The van der Waals surface area contributed by atoms with Crippen molar-refractivity contribution >= 4 is 29.3 Å². The van der Waals surface area contributed by atoms with Gasteiger partial charge in [0, 0.05) is 30.3 Å². The minimum atomic E-state index is -1.41. The molecule has 0 bridgehead atoms. The summed E-state index contributed by atoms with van der Waals surface area (Å²) in [5, 5.41) is 6.16. The van der Waals surface area contributed by atoms with Crippen molar-refractivity contribution in [3.05, 3.63) is 64.7 Å². The van der Waals surface area contributed by atoms with E-state index in [1.165, 1.54) is 4.90 Å². The van der Waals surface area contributed by atoms with Crippen LogP contribution in [0.2, 0.25) is 0 Å². The highest BCUT2D eigenvalue weighted by atomic mass is 16.2. The van der Waals surface area contributed by atoms with Gasteiger partial charge >= 0.3 is 0 Å². The van der Waals surface area contributed by atoms with Crippen LogP contribution in [0.4, 0.5) is 5.69 Å². The number of rotatable bonds is 5. The second-order valence-electron chi connectivity index (χ2n) is 9.18. The van der Waals surface area contributed by atoms with Crippen LogP contribution in [0, 0.1) is 25.7 Å². The highest BCUT2D eigenvalue weighted by Gasteiger charge is 2.70. The normalized spacial score (nSPS) is 27.8. The highest BCUT2D eigenvalue weighted by molar-refractivity contribution is 6.15. The van der Waals surface area contributed by atoms with Crippen molar-refractivity contribution in [2.75, 3.05) is 11.9 Å². The second-order valence-corrected chi connectivity index (χ2v) is 9.18. The third kappa shape index (κ3) is 3.01. The number of carbonyl (C=O) groups is 4. The number of benzene rings is 2. The molecule has 2 aromatic rings. The van der Waals surface area contributed by atoms with E-state index in [1.54, 1.807) is 0 Å². The lowest BCUT2D eigenvalue weighted by Gasteiger charge is -2.29. The lowest BCUT2D eigenvalue weighted by molar-refractivity contribution is -0.142. The van der Waals surface area contributed by atoms with Gasteiger partial charge in [-0.3, -0.25) is 29.4 Å². The van der Waals surface area contributed by atoms with Gasteiger partial charge in [0.05, 0.1) is 11.8 Å². The van der Waals surface area contributed by atoms with Crippen molar-refractivity contribution < 1.29 is 19.2 Å². The van der Waals surface area contributed by atoms with E-state index >= 15 is 0 Å². The van der Waals surface area contributed by atoms with Crippen molar-refractivity contribution in [2.45, 2.75) is 38.3 Å². The molecule has 2 saturated heterocycles. The Morgan fingerprint density at radius 3 is 2.48 bits per heavy atom. The molecule has 0 aromatic heterocycles. The van der Waals surface area contributed by atoms with Crippen molar-refractivity contribution in [1.82, 2.24) is 10.2 Å². The van der Waals surface area contributed by atoms with Gasteiger partial charge < -0.3 is 11.1 Å². The summed E-state index contributed by atoms with van der Waals surface area (Å²) in [6.07, 6.45) is 0.377. The van der Waals surface area contributed by atoms with Crippen LogP contribution in [0.15, 0.2) is 42.5 Å². The highest BCUT2D eigenvalue weighted by Crippen LogP contribution is 2.54. The van der Waals surface area contributed by atoms with E-state index in [9.17, 15) is 19.2 Å². The number of imide groups is 1. The first-order valence-electron chi connectivity index (χ1n) is 11.1. The molecule has 0 saturated carbocycles. The number of primary amides is 1. The quantitative estimate of drug-likeness (QED) is 0.595. The predicted molar refractivity (Wildman–Crippen MR) is 121 cm³/mol. The van der Waals surface area contributed by atoms with Gasteiger partial charge in [0.1, 0.15) is 5.54 Å². The van der Waals surface area contributed by atoms with Crippen LogP contribution >= 0.6 is 0 Å². The molecule has 4 amide bonds. The molecule has 33 heavy (non-hydrogen) atoms. The third-order valence-corrected chi connectivity index (χ3v) is 7.40. The zero-order chi connectivity index (χ0) is 23.5. The minimum Gasteiger partial charge on any atom is -0.370 e. The van der Waals surface area contributed by atoms with Crippen molar-refractivity contribution in [1.29, 1.82) is 0 Å². The second kappa shape index (κ2) is 7.52. The lowest BCUT2D eigenvalue weighted by atomic mass is 9.76. The van der Waals surface area contributed by atoms with Crippen molar-refractivity contribution in [2.24, 2.45) is 17.6 Å². The monoisotopic (exact) mass is 446 g/mol. The molecule has 4 atom stereocenters. The minimum absolute atomic E-state index is 0.137. The number of aryl methyl sites for hydroxylation is 1. The number of amides is 4. The third-order valence-electron chi connectivity index (χ3n) is 7.40. The van der Waals surface area contributed by atoms with Crippen LogP contribution in [0.1, 0.15) is 28.7 Å². The molecule has 0 unspecified atom stereocenters. The Balaban J connectivity index is 1.56. The van der Waals surface area contributed by atoms with Crippen LogP contribution < -0.4 is 16.4 Å². The number of anilines is 1. The van der Waals surface area contributed by atoms with E-state index in [0.717, 1.165) is 16.7 Å². The molecule has 2 aromatic carbocycles. The van der Waals surface area contributed by atoms with E-state index in [2.05, 4.69) is 10.6 Å². The number of hydrogen-bond acceptors (Lipinski definition) is 5. The van der Waals surface area contributed by atoms with Gasteiger partial charge in [0.25, 0.3) is 0 Å². The molecule has 3 aliphatic rings. The van der Waals surface area contributed by atoms with Gasteiger partial charge in [-0.2, -0.15) is 0 Å². The first-order chi connectivity index (χ1) is 15.8. The summed E-state index contributed by atoms with van der Waals surface area (Å²) >= 11 is 0. The van der Waals surface area contributed by atoms with E-state index < -0.39 is 29.3 Å². The zero-order valence-electron chi connectivity index (χ0n) is 18.6. The van der Waals surface area contributed by atoms with Gasteiger partial charge in [0.15, 0.2) is 0 Å². The summed E-state index contributed by atoms with van der Waals surface area (Å²) < 4.78 is 0. The topological polar surface area (TPSA) is 122 Å². The smallest absolute Gasteiger partial charge is 0.250 e. The average Bonchev–Trinajstić information content (AvgIpc) is 3.35. The summed E-state index contributed by atoms with van der Waals surface area (Å²) in [5.74, 6) is -3.49. The fourth-order valence-corrected chi connectivity index (χ4v) is 5.68. The van der Waals surface area contributed by atoms with E-state index in [-0.39, 0.29) is 30.7 Å². The molecule has 8 heteroatoms. The molecule has 0 aliphatic carbocycles. The van der Waals surface area contributed by atoms with Crippen molar-refractivity contribution in [3.8, 4) is 0 Å². The van der Waals surface area contributed by atoms with Gasteiger partial charge in [-0.25, -0.2) is 0 Å². The Bertz CT molecular complexity index is 1190. The molecule has 170 valence electrons. The molecule has 8 nitrogen and oxygen atoms in total. The number of hydrogen-bond donors (Lipinski definition) is 3. The van der Waals surface area contributed by atoms with Crippen LogP contribution in [-0.4, -0.2) is 41.1 Å². The summed E-state index contributed by atoms with van der Waals surface area (Å²) in [7, 11) is 0. The zero-order valence-corrected chi connectivity index (χ0v) is 18.6. The van der Waals surface area contributed by atoms with Crippen LogP contribution in [0.5, 0.6) is 0 Å². The maximum atomic E-state index is 13.7. The fraction of sp³-hybridized carbons (Fsp3) is 0.360. The average molecular weight is 447 g/mol. The number of likely N-dealkylation sites (tertiary alicyclic amines) is 1. The van der Waals surface area contributed by atoms with E-state index in [0.29, 0.717) is 17.7 Å². The van der Waals surface area contributed by atoms with Gasteiger partial charge in [-0.05, 0) is 37.0 Å². The standard InChI is InChI=1S/C25H26N4O4/c1-13-8-9-16-21(14(13)2)27-24(33)25(16)20-19(17(28-25)12-18(26)30)22(31)29(23(20)32)11-10-15-6-4-3-5-7-15/h3-9,17,19-20,28H,10-12H2,1-2H3,(H2,26,30)(H,27,33)/t17-,19-,20+,25+/m1/s1. The number of nitrogens with two attached hydrogens (primary N) is 1. The molecular weight excluding hydrogens is 420 g/mol. The predicted octanol–water partition coefficient (Wildman–Crippen LogP) is 1.14. The summed E-state index contributed by atoms with van der Waals surface area (Å²) in [6, 6.07) is 12.6. The Kier molecular flexibility index (Phi) is 4.86. The van der Waals surface area contributed by atoms with E-state index in [4.69, 9.17) is 5.73 Å². The Morgan fingerprint density at radius 2 is 1.79 bits per heavy atom. The fourth-order valence-electron chi connectivity index (χ4n) is 5.68. The first-order valence-corrected chi connectivity index (χ1v) is 11.1. The Hall–Kier alpha value is -3.52. The van der Waals surface area contributed by atoms with E-state index in [1.807, 2.05) is 56.3 Å². The van der Waals surface area contributed by atoms with Gasteiger partial charge in [-0.1, -0.05) is 42.5 Å². The molecule has 3 heterocycles. The summed E-state index contributed by atoms with van der Waals surface area (Å²) in [4.78, 5) is 53.7. The lowest BCUT2D eigenvalue weighted by Crippen LogP contribution is -2.53. The maximum absolute atomic E-state index is 13.7. The first kappa shape index (κ1) is 21.3. The maximum Gasteiger partial charge on any atom is 0.250 e. The SMILES string of the molecule is Cc1ccc2c(c1C)NC(=O)[C@]21N[C@H](CC(N)=O)[C@H]2C(=O)N(CCc3ccccc3)C(=O)[C@H]21. The van der Waals surface area contributed by atoms with Gasteiger partial charge in [-0.15, -0.1) is 0 Å². The molecular formula is C25H26N4O4. The molecule has 3 aliphatic heterocycles. The molecule has 1 spiro atoms. The molecule has 0 radical (unpaired) electrons. The van der Waals surface area contributed by atoms with Crippen molar-refractivity contribution in [3.63, 3.8) is 0 Å². The summed E-state index contributed by atoms with van der Waals surface area (Å²) in [5.41, 5.74) is 8.29. The number of fused-ring (bicyclic) bond motifs is 4. The molecule has 2 fully saturated rings.